The predicted octanol–water partition coefficient (Wildman–Crippen LogP) is 3.25. The minimum absolute atomic E-state index is 0.00190. The number of methoxy groups -OCH3 is 1. The Labute approximate surface area is 172 Å². The first kappa shape index (κ1) is 20.6. The first-order valence-electron chi connectivity index (χ1n) is 8.96. The lowest BCUT2D eigenvalue weighted by atomic mass is 10.2. The lowest BCUT2D eigenvalue weighted by molar-refractivity contribution is -0.127. The van der Waals surface area contributed by atoms with E-state index in [1.54, 1.807) is 41.0 Å². The van der Waals surface area contributed by atoms with Gasteiger partial charge >= 0.3 is 0 Å². The molecule has 8 heteroatoms. The van der Waals surface area contributed by atoms with Gasteiger partial charge in [-0.2, -0.15) is 11.3 Å². The molecule has 0 saturated heterocycles. The number of nitrogens with zero attached hydrogens (tertiary/aromatic N) is 3. The second-order valence-corrected chi connectivity index (χ2v) is 8.11. The number of ether oxygens (including phenoxy) is 1. The molecule has 0 unspecified atom stereocenters. The van der Waals surface area contributed by atoms with Gasteiger partial charge in [0.15, 0.2) is 5.16 Å². The van der Waals surface area contributed by atoms with Gasteiger partial charge in [0.2, 0.25) is 5.91 Å². The Morgan fingerprint density at radius 2 is 2.14 bits per heavy atom. The van der Waals surface area contributed by atoms with E-state index in [-0.39, 0.29) is 17.2 Å². The van der Waals surface area contributed by atoms with Crippen molar-refractivity contribution < 1.29 is 9.53 Å². The number of aromatic nitrogens is 2. The van der Waals surface area contributed by atoms with Crippen LogP contribution >= 0.6 is 23.1 Å². The van der Waals surface area contributed by atoms with Gasteiger partial charge < -0.3 is 9.64 Å². The molecule has 28 heavy (non-hydrogen) atoms. The molecule has 0 bridgehead atoms. The van der Waals surface area contributed by atoms with Crippen LogP contribution in [0.1, 0.15) is 12.0 Å². The third kappa shape index (κ3) is 5.01. The summed E-state index contributed by atoms with van der Waals surface area (Å²) < 4.78 is 6.76. The number of rotatable bonds is 9. The van der Waals surface area contributed by atoms with Crippen LogP contribution < -0.4 is 5.56 Å². The van der Waals surface area contributed by atoms with Crippen molar-refractivity contribution in [3.8, 4) is 0 Å². The van der Waals surface area contributed by atoms with Crippen LogP contribution in [0.25, 0.3) is 10.9 Å². The maximum Gasteiger partial charge on any atom is 0.262 e. The maximum absolute atomic E-state index is 12.9. The smallest absolute Gasteiger partial charge is 0.262 e. The molecule has 2 aromatic heterocycles. The Bertz CT molecular complexity index is 986. The van der Waals surface area contributed by atoms with E-state index >= 15 is 0 Å². The van der Waals surface area contributed by atoms with Gasteiger partial charge in [0.1, 0.15) is 0 Å². The highest BCUT2D eigenvalue weighted by atomic mass is 32.2. The molecule has 3 rings (SSSR count). The zero-order chi connectivity index (χ0) is 19.9. The predicted molar refractivity (Wildman–Crippen MR) is 114 cm³/mol. The lowest BCUT2D eigenvalue weighted by Crippen LogP contribution is -2.29. The van der Waals surface area contributed by atoms with Crippen LogP contribution in [0, 0.1) is 0 Å². The van der Waals surface area contributed by atoms with Gasteiger partial charge in [-0.3, -0.25) is 14.2 Å². The summed E-state index contributed by atoms with van der Waals surface area (Å²) in [5, 5.41) is 5.19. The van der Waals surface area contributed by atoms with Crippen LogP contribution in [-0.2, 0) is 22.6 Å². The van der Waals surface area contributed by atoms with E-state index in [0.29, 0.717) is 42.2 Å². The molecular formula is C20H23N3O3S2. The van der Waals surface area contributed by atoms with E-state index in [1.807, 2.05) is 35.0 Å². The Kier molecular flexibility index (Phi) is 7.24. The zero-order valence-electron chi connectivity index (χ0n) is 16.0. The first-order valence-corrected chi connectivity index (χ1v) is 10.9. The summed E-state index contributed by atoms with van der Waals surface area (Å²) in [6.07, 6.45) is 0.704. The van der Waals surface area contributed by atoms with E-state index in [1.165, 1.54) is 11.8 Å². The maximum atomic E-state index is 12.9. The van der Waals surface area contributed by atoms with Gasteiger partial charge in [0.05, 0.1) is 16.7 Å². The van der Waals surface area contributed by atoms with E-state index in [4.69, 9.17) is 4.74 Å². The molecule has 0 spiro atoms. The summed E-state index contributed by atoms with van der Waals surface area (Å²) in [7, 11) is 3.43. The summed E-state index contributed by atoms with van der Waals surface area (Å²) in [4.78, 5) is 31.8. The van der Waals surface area contributed by atoms with Crippen molar-refractivity contribution in [2.45, 2.75) is 24.7 Å². The van der Waals surface area contributed by atoms with Crippen LogP contribution in [0.2, 0.25) is 0 Å². The molecule has 0 saturated carbocycles. The molecule has 0 aliphatic rings. The molecule has 6 nitrogen and oxygen atoms in total. The number of thiophene rings is 1. The number of thioether (sulfide) groups is 1. The molecule has 1 amide bonds. The van der Waals surface area contributed by atoms with Gasteiger partial charge in [-0.05, 0) is 40.9 Å². The van der Waals surface area contributed by atoms with E-state index in [2.05, 4.69) is 4.98 Å². The second kappa shape index (κ2) is 9.86. The highest BCUT2D eigenvalue weighted by Crippen LogP contribution is 2.19. The van der Waals surface area contributed by atoms with Crippen molar-refractivity contribution in [3.05, 3.63) is 57.0 Å². The normalized spacial score (nSPS) is 11.1. The van der Waals surface area contributed by atoms with Gasteiger partial charge in [-0.25, -0.2) is 4.98 Å². The minimum atomic E-state index is -0.0803. The fraction of sp³-hybridized carbons (Fsp3) is 0.350. The standard InChI is InChI=1S/C20H23N3O3S2/c1-22(12-15-8-11-27-13-15)18(24)14-28-20-21-17-7-4-3-6-16(17)19(25)23(20)9-5-10-26-2/h3-4,6-8,11,13H,5,9-10,12,14H2,1-2H3. The van der Waals surface area contributed by atoms with Gasteiger partial charge in [-0.1, -0.05) is 23.9 Å². The Balaban J connectivity index is 1.77. The third-order valence-electron chi connectivity index (χ3n) is 4.31. The summed E-state index contributed by atoms with van der Waals surface area (Å²) in [6.45, 7) is 1.64. The van der Waals surface area contributed by atoms with Crippen molar-refractivity contribution >= 4 is 39.9 Å². The van der Waals surface area contributed by atoms with Crippen molar-refractivity contribution in [1.82, 2.24) is 14.5 Å². The molecular weight excluding hydrogens is 394 g/mol. The van der Waals surface area contributed by atoms with Gasteiger partial charge in [0.25, 0.3) is 5.56 Å². The molecule has 1 aromatic carbocycles. The number of carbonyl (C=O) groups excluding carboxylic acids is 1. The minimum Gasteiger partial charge on any atom is -0.385 e. The van der Waals surface area contributed by atoms with Crippen molar-refractivity contribution in [1.29, 1.82) is 0 Å². The average molecular weight is 418 g/mol. The Hall–Kier alpha value is -2.16. The average Bonchev–Trinajstić information content (AvgIpc) is 3.21. The topological polar surface area (TPSA) is 64.4 Å². The van der Waals surface area contributed by atoms with Gasteiger partial charge in [0, 0.05) is 33.9 Å². The summed E-state index contributed by atoms with van der Waals surface area (Å²) >= 11 is 2.92. The molecule has 3 aromatic rings. The fourth-order valence-electron chi connectivity index (χ4n) is 2.80. The quantitative estimate of drug-likeness (QED) is 0.304. The summed E-state index contributed by atoms with van der Waals surface area (Å²) in [6, 6.07) is 9.31. The zero-order valence-corrected chi connectivity index (χ0v) is 17.6. The molecule has 0 atom stereocenters. The first-order chi connectivity index (χ1) is 13.6. The number of benzene rings is 1. The summed E-state index contributed by atoms with van der Waals surface area (Å²) in [5.41, 5.74) is 1.69. The number of amides is 1. The van der Waals surface area contributed by atoms with Crippen LogP contribution in [-0.4, -0.2) is 46.9 Å². The number of hydrogen-bond acceptors (Lipinski definition) is 6. The Morgan fingerprint density at radius 1 is 1.32 bits per heavy atom. The van der Waals surface area contributed by atoms with Crippen LogP contribution in [0.5, 0.6) is 0 Å². The molecule has 0 radical (unpaired) electrons. The molecule has 2 heterocycles. The second-order valence-electron chi connectivity index (χ2n) is 6.38. The highest BCUT2D eigenvalue weighted by Gasteiger charge is 2.15. The van der Waals surface area contributed by atoms with Gasteiger partial charge in [-0.15, -0.1) is 0 Å². The summed E-state index contributed by atoms with van der Waals surface area (Å²) in [5.74, 6) is 0.234. The largest absolute Gasteiger partial charge is 0.385 e. The number of carbonyl (C=O) groups is 1. The highest BCUT2D eigenvalue weighted by molar-refractivity contribution is 7.99. The molecule has 0 aliphatic heterocycles. The number of hydrogen-bond donors (Lipinski definition) is 0. The number of para-hydroxylation sites is 1. The van der Waals surface area contributed by atoms with Crippen molar-refractivity contribution in [3.63, 3.8) is 0 Å². The lowest BCUT2D eigenvalue weighted by Gasteiger charge is -2.17. The number of fused-ring (bicyclic) bond motifs is 1. The van der Waals surface area contributed by atoms with Crippen LogP contribution in [0.3, 0.4) is 0 Å². The third-order valence-corrected chi connectivity index (χ3v) is 6.00. The molecule has 0 aliphatic carbocycles. The van der Waals surface area contributed by atoms with E-state index < -0.39 is 0 Å². The van der Waals surface area contributed by atoms with Crippen molar-refractivity contribution in [2.75, 3.05) is 26.5 Å². The Morgan fingerprint density at radius 3 is 2.89 bits per heavy atom. The fourth-order valence-corrected chi connectivity index (χ4v) is 4.43. The monoisotopic (exact) mass is 417 g/mol. The van der Waals surface area contributed by atoms with E-state index in [0.717, 1.165) is 5.56 Å². The molecule has 0 N–H and O–H groups in total. The molecule has 0 fully saturated rings. The molecule has 148 valence electrons. The van der Waals surface area contributed by atoms with Crippen LogP contribution in [0.4, 0.5) is 0 Å². The van der Waals surface area contributed by atoms with Crippen molar-refractivity contribution in [2.24, 2.45) is 0 Å². The van der Waals surface area contributed by atoms with Crippen LogP contribution in [0.15, 0.2) is 51.0 Å². The SMILES string of the molecule is COCCCn1c(SCC(=O)N(C)Cc2ccsc2)nc2ccccc2c1=O. The van der Waals surface area contributed by atoms with E-state index in [9.17, 15) is 9.59 Å².